The van der Waals surface area contributed by atoms with Gasteiger partial charge in [0.15, 0.2) is 6.39 Å². The molecule has 3 nitrogen and oxygen atoms in total. The van der Waals surface area contributed by atoms with Crippen LogP contribution in [0.1, 0.15) is 50.6 Å². The van der Waals surface area contributed by atoms with Gasteiger partial charge in [-0.05, 0) is 25.3 Å². The first-order chi connectivity index (χ1) is 7.95. The molecule has 90 valence electrons. The Balaban J connectivity index is 1.64. The number of hydrogen-bond donors (Lipinski definition) is 1. The normalized spacial score (nSPS) is 19.2. The van der Waals surface area contributed by atoms with Crippen LogP contribution in [0.5, 0.6) is 0 Å². The Bertz CT molecular complexity index is 263. The van der Waals surface area contributed by atoms with Gasteiger partial charge in [0.1, 0.15) is 6.26 Å². The molecule has 0 bridgehead atoms. The van der Waals surface area contributed by atoms with Crippen LogP contribution in [0.3, 0.4) is 0 Å². The summed E-state index contributed by atoms with van der Waals surface area (Å²) in [6.07, 6.45) is 13.1. The number of rotatable bonds is 4. The molecule has 0 atom stereocenters. The Hall–Kier alpha value is -0.830. The molecule has 0 aromatic carbocycles. The molecular weight excluding hydrogens is 200 g/mol. The molecule has 0 amide bonds. The van der Waals surface area contributed by atoms with Gasteiger partial charge < -0.3 is 9.73 Å². The van der Waals surface area contributed by atoms with E-state index in [1.165, 1.54) is 51.3 Å². The van der Waals surface area contributed by atoms with Gasteiger partial charge in [-0.2, -0.15) is 0 Å². The maximum atomic E-state index is 4.94. The van der Waals surface area contributed by atoms with E-state index in [1.54, 1.807) is 6.26 Å². The van der Waals surface area contributed by atoms with Crippen LogP contribution >= 0.6 is 0 Å². The van der Waals surface area contributed by atoms with Gasteiger partial charge in [-0.25, -0.2) is 4.98 Å². The highest BCUT2D eigenvalue weighted by Gasteiger charge is 2.10. The molecule has 1 fully saturated rings. The topological polar surface area (TPSA) is 38.1 Å². The lowest BCUT2D eigenvalue weighted by Gasteiger charge is -2.19. The van der Waals surface area contributed by atoms with Crippen molar-refractivity contribution in [3.63, 3.8) is 0 Å². The molecule has 0 spiro atoms. The van der Waals surface area contributed by atoms with E-state index in [9.17, 15) is 0 Å². The second-order valence-corrected chi connectivity index (χ2v) is 4.82. The smallest absolute Gasteiger partial charge is 0.180 e. The van der Waals surface area contributed by atoms with Gasteiger partial charge in [0, 0.05) is 6.54 Å². The lowest BCUT2D eigenvalue weighted by atomic mass is 9.91. The average Bonchev–Trinajstić information content (AvgIpc) is 2.73. The molecule has 1 N–H and O–H groups in total. The molecule has 1 aromatic rings. The zero-order chi connectivity index (χ0) is 11.1. The number of hydrogen-bond acceptors (Lipinski definition) is 3. The lowest BCUT2D eigenvalue weighted by molar-refractivity contribution is 0.360. The first-order valence-electron chi connectivity index (χ1n) is 6.53. The third-order valence-electron chi connectivity index (χ3n) is 3.45. The Morgan fingerprint density at radius 1 is 1.19 bits per heavy atom. The van der Waals surface area contributed by atoms with Crippen LogP contribution in [-0.2, 0) is 6.54 Å². The van der Waals surface area contributed by atoms with Crippen molar-refractivity contribution in [2.75, 3.05) is 6.54 Å². The molecule has 0 radical (unpaired) electrons. The summed E-state index contributed by atoms with van der Waals surface area (Å²) in [7, 11) is 0. The second kappa shape index (κ2) is 6.69. The number of nitrogens with one attached hydrogen (secondary N) is 1. The molecule has 1 aliphatic carbocycles. The van der Waals surface area contributed by atoms with Gasteiger partial charge in [0.25, 0.3) is 0 Å². The largest absolute Gasteiger partial charge is 0.451 e. The minimum atomic E-state index is 0.840. The monoisotopic (exact) mass is 222 g/mol. The first-order valence-corrected chi connectivity index (χ1v) is 6.53. The van der Waals surface area contributed by atoms with Crippen molar-refractivity contribution < 1.29 is 4.42 Å². The highest BCUT2D eigenvalue weighted by atomic mass is 16.3. The average molecular weight is 222 g/mol. The highest BCUT2D eigenvalue weighted by Crippen LogP contribution is 2.21. The van der Waals surface area contributed by atoms with E-state index in [-0.39, 0.29) is 0 Å². The maximum Gasteiger partial charge on any atom is 0.180 e. The van der Waals surface area contributed by atoms with Crippen molar-refractivity contribution in [2.45, 2.75) is 51.5 Å². The van der Waals surface area contributed by atoms with Gasteiger partial charge in [-0.3, -0.25) is 0 Å². The molecule has 0 aliphatic heterocycles. The van der Waals surface area contributed by atoms with Gasteiger partial charge in [0.2, 0.25) is 0 Å². The summed E-state index contributed by atoms with van der Waals surface area (Å²) in [5.74, 6) is 0.868. The summed E-state index contributed by atoms with van der Waals surface area (Å²) < 4.78 is 4.94. The van der Waals surface area contributed by atoms with Gasteiger partial charge in [0.05, 0.1) is 5.69 Å². The van der Waals surface area contributed by atoms with Gasteiger partial charge in [-0.15, -0.1) is 0 Å². The molecule has 0 saturated heterocycles. The Morgan fingerprint density at radius 2 is 1.94 bits per heavy atom. The van der Waals surface area contributed by atoms with E-state index >= 15 is 0 Å². The van der Waals surface area contributed by atoms with E-state index < -0.39 is 0 Å². The van der Waals surface area contributed by atoms with Crippen LogP contribution in [0.2, 0.25) is 0 Å². The second-order valence-electron chi connectivity index (χ2n) is 4.82. The maximum absolute atomic E-state index is 4.94. The van der Waals surface area contributed by atoms with E-state index in [0.717, 1.165) is 24.7 Å². The molecule has 2 rings (SSSR count). The number of nitrogens with zero attached hydrogens (tertiary/aromatic N) is 1. The number of oxazole rings is 1. The predicted octanol–water partition coefficient (Wildman–Crippen LogP) is 3.12. The van der Waals surface area contributed by atoms with Crippen LogP contribution in [-0.4, -0.2) is 11.5 Å². The third-order valence-corrected chi connectivity index (χ3v) is 3.45. The van der Waals surface area contributed by atoms with E-state index in [0.29, 0.717) is 0 Å². The highest BCUT2D eigenvalue weighted by molar-refractivity contribution is 4.89. The van der Waals surface area contributed by atoms with Crippen molar-refractivity contribution in [3.05, 3.63) is 18.4 Å². The van der Waals surface area contributed by atoms with Crippen molar-refractivity contribution in [3.8, 4) is 0 Å². The van der Waals surface area contributed by atoms with Crippen LogP contribution in [0.15, 0.2) is 17.1 Å². The van der Waals surface area contributed by atoms with Crippen molar-refractivity contribution in [1.82, 2.24) is 10.3 Å². The van der Waals surface area contributed by atoms with Crippen molar-refractivity contribution in [2.24, 2.45) is 5.92 Å². The van der Waals surface area contributed by atoms with Gasteiger partial charge in [-0.1, -0.05) is 32.1 Å². The summed E-state index contributed by atoms with van der Waals surface area (Å²) in [5, 5.41) is 3.48. The van der Waals surface area contributed by atoms with Crippen LogP contribution in [0.4, 0.5) is 0 Å². The Kier molecular flexibility index (Phi) is 4.87. The summed E-state index contributed by atoms with van der Waals surface area (Å²) >= 11 is 0. The van der Waals surface area contributed by atoms with Crippen LogP contribution in [0.25, 0.3) is 0 Å². The zero-order valence-electron chi connectivity index (χ0n) is 9.95. The minimum absolute atomic E-state index is 0.840. The molecule has 3 heteroatoms. The third kappa shape index (κ3) is 3.97. The molecule has 1 saturated carbocycles. The van der Waals surface area contributed by atoms with E-state index in [4.69, 9.17) is 4.42 Å². The standard InChI is InChI=1S/C13H22N2O/c1-2-4-6-12(7-5-3-1)8-14-9-13-10-16-11-15-13/h10-12,14H,1-9H2. The predicted molar refractivity (Wildman–Crippen MR) is 64.0 cm³/mol. The summed E-state index contributed by atoms with van der Waals surface area (Å²) in [5.41, 5.74) is 1.01. The van der Waals surface area contributed by atoms with Crippen LogP contribution in [0, 0.1) is 5.92 Å². The molecule has 1 aromatic heterocycles. The van der Waals surface area contributed by atoms with Crippen molar-refractivity contribution >= 4 is 0 Å². The zero-order valence-corrected chi connectivity index (χ0v) is 9.95. The van der Waals surface area contributed by atoms with Gasteiger partial charge >= 0.3 is 0 Å². The summed E-state index contributed by atoms with van der Waals surface area (Å²) in [4.78, 5) is 4.10. The van der Waals surface area contributed by atoms with Crippen LogP contribution < -0.4 is 5.32 Å². The molecule has 0 unspecified atom stereocenters. The van der Waals surface area contributed by atoms with E-state index in [2.05, 4.69) is 10.3 Å². The fourth-order valence-electron chi connectivity index (χ4n) is 2.47. The fraction of sp³-hybridized carbons (Fsp3) is 0.769. The van der Waals surface area contributed by atoms with Crippen molar-refractivity contribution in [1.29, 1.82) is 0 Å². The quantitative estimate of drug-likeness (QED) is 0.850. The van der Waals surface area contributed by atoms with E-state index in [1.807, 2.05) is 0 Å². The fourth-order valence-corrected chi connectivity index (χ4v) is 2.47. The Labute approximate surface area is 97.6 Å². The summed E-state index contributed by atoms with van der Waals surface area (Å²) in [6, 6.07) is 0. The Morgan fingerprint density at radius 3 is 2.62 bits per heavy atom. The first kappa shape index (κ1) is 11.6. The summed E-state index contributed by atoms with van der Waals surface area (Å²) in [6.45, 7) is 1.97. The molecule has 1 aliphatic rings. The number of aromatic nitrogens is 1. The lowest BCUT2D eigenvalue weighted by Crippen LogP contribution is -2.23. The molecule has 16 heavy (non-hydrogen) atoms. The molecular formula is C13H22N2O. The molecule has 1 heterocycles. The SMILES string of the molecule is c1nc(CNCC2CCCCCCC2)co1. The minimum Gasteiger partial charge on any atom is -0.451 e.